The van der Waals surface area contributed by atoms with Gasteiger partial charge in [-0.15, -0.1) is 0 Å². The van der Waals surface area contributed by atoms with Crippen LogP contribution < -0.4 is 0 Å². The first-order valence-corrected chi connectivity index (χ1v) is 6.80. The summed E-state index contributed by atoms with van der Waals surface area (Å²) in [5.74, 6) is 0.0907. The third kappa shape index (κ3) is 6.17. The Kier molecular flexibility index (Phi) is 9.46. The van der Waals surface area contributed by atoms with Crippen molar-refractivity contribution in [3.63, 3.8) is 0 Å². The second-order valence-corrected chi connectivity index (χ2v) is 4.68. The van der Waals surface area contributed by atoms with Gasteiger partial charge in [0.1, 0.15) is 5.78 Å². The van der Waals surface area contributed by atoms with Gasteiger partial charge >= 0.3 is 0 Å². The van der Waals surface area contributed by atoms with Crippen molar-refractivity contribution < 1.29 is 26.7 Å². The third-order valence-electron chi connectivity index (χ3n) is 3.28. The van der Waals surface area contributed by atoms with Gasteiger partial charge in [0.2, 0.25) is 0 Å². The molecule has 19 heavy (non-hydrogen) atoms. The van der Waals surface area contributed by atoms with Crippen molar-refractivity contribution in [3.05, 3.63) is 35.9 Å². The smallest absolute Gasteiger partial charge is 0.170 e. The molecule has 0 saturated heterocycles. The Bertz CT molecular complexity index is 387. The fourth-order valence-corrected chi connectivity index (χ4v) is 2.07. The number of ketones is 2. The average Bonchev–Trinajstić information content (AvgIpc) is 2.40. The van der Waals surface area contributed by atoms with Crippen LogP contribution in [-0.4, -0.2) is 11.6 Å². The molecule has 0 fully saturated rings. The van der Waals surface area contributed by atoms with Gasteiger partial charge in [0, 0.05) is 28.6 Å². The molecule has 0 saturated carbocycles. The molecular weight excluding hydrogens is 288 g/mol. The van der Waals surface area contributed by atoms with E-state index in [-0.39, 0.29) is 41.0 Å². The summed E-state index contributed by atoms with van der Waals surface area (Å²) in [6.07, 6.45) is 3.95. The fourth-order valence-electron chi connectivity index (χ4n) is 2.07. The van der Waals surface area contributed by atoms with E-state index in [1.165, 1.54) is 0 Å². The van der Waals surface area contributed by atoms with Gasteiger partial charge in [0.15, 0.2) is 5.78 Å². The number of unbranched alkanes of at least 4 members (excludes halogenated alkanes) is 1. The second kappa shape index (κ2) is 9.94. The van der Waals surface area contributed by atoms with Crippen LogP contribution in [0.25, 0.3) is 0 Å². The van der Waals surface area contributed by atoms with Crippen molar-refractivity contribution in [2.75, 3.05) is 0 Å². The Labute approximate surface area is 126 Å². The van der Waals surface area contributed by atoms with Crippen LogP contribution in [0.1, 0.15) is 56.3 Å². The van der Waals surface area contributed by atoms with Crippen LogP contribution in [0.4, 0.5) is 0 Å². The third-order valence-corrected chi connectivity index (χ3v) is 3.28. The Morgan fingerprint density at radius 1 is 1.11 bits per heavy atom. The fraction of sp³-hybridized carbons (Fsp3) is 0.500. The van der Waals surface area contributed by atoms with Gasteiger partial charge in [-0.2, -0.15) is 0 Å². The first-order chi connectivity index (χ1) is 8.69. The molecule has 0 aliphatic heterocycles. The SMILES string of the molecule is CCCCC(CC)C(=O)CC(=O)c1ccccc1.[Cu]. The molecule has 0 N–H and O–H groups in total. The summed E-state index contributed by atoms with van der Waals surface area (Å²) in [7, 11) is 0. The Balaban J connectivity index is 0.00000324. The average molecular weight is 310 g/mol. The Morgan fingerprint density at radius 2 is 1.74 bits per heavy atom. The van der Waals surface area contributed by atoms with Gasteiger partial charge in [-0.25, -0.2) is 0 Å². The van der Waals surface area contributed by atoms with Crippen LogP contribution in [0, 0.1) is 5.92 Å². The van der Waals surface area contributed by atoms with Crippen molar-refractivity contribution in [2.24, 2.45) is 5.92 Å². The molecule has 0 heterocycles. The van der Waals surface area contributed by atoms with Crippen LogP contribution in [0.2, 0.25) is 0 Å². The van der Waals surface area contributed by atoms with E-state index in [9.17, 15) is 9.59 Å². The molecule has 0 bridgehead atoms. The van der Waals surface area contributed by atoms with E-state index in [1.54, 1.807) is 12.1 Å². The number of hydrogen-bond donors (Lipinski definition) is 0. The predicted octanol–water partition coefficient (Wildman–Crippen LogP) is 4.04. The van der Waals surface area contributed by atoms with Crippen LogP contribution in [0.3, 0.4) is 0 Å². The van der Waals surface area contributed by atoms with Crippen LogP contribution >= 0.6 is 0 Å². The predicted molar refractivity (Wildman–Crippen MR) is 73.7 cm³/mol. The van der Waals surface area contributed by atoms with E-state index in [4.69, 9.17) is 0 Å². The minimum atomic E-state index is -0.0597. The molecule has 0 aliphatic rings. The summed E-state index contributed by atoms with van der Waals surface area (Å²) in [5, 5.41) is 0. The van der Waals surface area contributed by atoms with E-state index >= 15 is 0 Å². The molecule has 0 amide bonds. The zero-order valence-corrected chi connectivity index (χ0v) is 12.6. The monoisotopic (exact) mass is 309 g/mol. The second-order valence-electron chi connectivity index (χ2n) is 4.68. The largest absolute Gasteiger partial charge is 0.299 e. The van der Waals surface area contributed by atoms with Gasteiger partial charge in [-0.05, 0) is 12.8 Å². The molecule has 0 aromatic heterocycles. The molecule has 1 aromatic rings. The van der Waals surface area contributed by atoms with E-state index in [1.807, 2.05) is 25.1 Å². The zero-order valence-electron chi connectivity index (χ0n) is 11.6. The summed E-state index contributed by atoms with van der Waals surface area (Å²) < 4.78 is 0. The maximum absolute atomic E-state index is 12.0. The number of carbonyl (C=O) groups excluding carboxylic acids is 2. The summed E-state index contributed by atoms with van der Waals surface area (Å²) in [5.41, 5.74) is 0.635. The molecule has 1 rings (SSSR count). The summed E-state index contributed by atoms with van der Waals surface area (Å²) in [6, 6.07) is 9.05. The van der Waals surface area contributed by atoms with Crippen LogP contribution in [-0.2, 0) is 21.9 Å². The molecule has 2 nitrogen and oxygen atoms in total. The number of rotatable bonds is 8. The number of hydrogen-bond acceptors (Lipinski definition) is 2. The van der Waals surface area contributed by atoms with Gasteiger partial charge in [-0.1, -0.05) is 57.0 Å². The number of carbonyl (C=O) groups is 2. The molecule has 0 spiro atoms. The van der Waals surface area contributed by atoms with Crippen molar-refractivity contribution in [2.45, 2.75) is 46.0 Å². The quantitative estimate of drug-likeness (QED) is 0.412. The van der Waals surface area contributed by atoms with Crippen molar-refractivity contribution in [1.82, 2.24) is 0 Å². The molecule has 109 valence electrons. The molecular formula is C16H22CuO2. The number of benzene rings is 1. The first-order valence-electron chi connectivity index (χ1n) is 6.80. The van der Waals surface area contributed by atoms with E-state index in [2.05, 4.69) is 6.92 Å². The van der Waals surface area contributed by atoms with E-state index < -0.39 is 0 Å². The van der Waals surface area contributed by atoms with Crippen LogP contribution in [0.15, 0.2) is 30.3 Å². The molecule has 1 unspecified atom stereocenters. The minimum absolute atomic E-state index is 0. The zero-order chi connectivity index (χ0) is 13.4. The minimum Gasteiger partial charge on any atom is -0.299 e. The molecule has 0 aliphatic carbocycles. The van der Waals surface area contributed by atoms with Crippen molar-refractivity contribution in [3.8, 4) is 0 Å². The first kappa shape index (κ1) is 18.1. The number of Topliss-reactive ketones (excluding diaryl/α,β-unsaturated/α-hetero) is 2. The normalized spacial score (nSPS) is 11.5. The maximum Gasteiger partial charge on any atom is 0.170 e. The summed E-state index contributed by atoms with van der Waals surface area (Å²) >= 11 is 0. The topological polar surface area (TPSA) is 34.1 Å². The van der Waals surface area contributed by atoms with Gasteiger partial charge in [-0.3, -0.25) is 9.59 Å². The summed E-state index contributed by atoms with van der Waals surface area (Å²) in [4.78, 5) is 24.0. The van der Waals surface area contributed by atoms with Crippen molar-refractivity contribution >= 4 is 11.6 Å². The maximum atomic E-state index is 12.0. The summed E-state index contributed by atoms with van der Waals surface area (Å²) in [6.45, 7) is 4.14. The Morgan fingerprint density at radius 3 is 2.26 bits per heavy atom. The van der Waals surface area contributed by atoms with E-state index in [0.717, 1.165) is 25.7 Å². The molecule has 1 radical (unpaired) electrons. The standard InChI is InChI=1S/C16H22O2.Cu/c1-3-5-9-13(4-2)15(17)12-16(18)14-10-7-6-8-11-14;/h6-8,10-11,13H,3-5,9,12H2,1-2H3;. The Hall–Kier alpha value is -0.921. The molecule has 3 heteroatoms. The van der Waals surface area contributed by atoms with Gasteiger partial charge < -0.3 is 0 Å². The van der Waals surface area contributed by atoms with Gasteiger partial charge in [0.25, 0.3) is 0 Å². The molecule has 1 atom stereocenters. The van der Waals surface area contributed by atoms with Gasteiger partial charge in [0.05, 0.1) is 6.42 Å². The van der Waals surface area contributed by atoms with E-state index in [0.29, 0.717) is 5.56 Å². The molecule has 1 aromatic carbocycles. The van der Waals surface area contributed by atoms with Crippen molar-refractivity contribution in [1.29, 1.82) is 0 Å². The van der Waals surface area contributed by atoms with Crippen LogP contribution in [0.5, 0.6) is 0 Å².